The van der Waals surface area contributed by atoms with Crippen LogP contribution in [0.4, 0.5) is 0 Å². The SMILES string of the molecule is CCCCC(=NO)NO. The molecule has 3 N–H and O–H groups in total. The van der Waals surface area contributed by atoms with Gasteiger partial charge in [0.1, 0.15) is 0 Å². The molecule has 0 spiro atoms. The van der Waals surface area contributed by atoms with Crippen molar-refractivity contribution in [2.45, 2.75) is 26.2 Å². The first-order valence-corrected chi connectivity index (χ1v) is 2.96. The Labute approximate surface area is 54.1 Å². The molecule has 0 aliphatic carbocycles. The number of nitrogens with one attached hydrogen (secondary N) is 1. The van der Waals surface area contributed by atoms with Crippen LogP contribution in [0.15, 0.2) is 5.16 Å². The van der Waals surface area contributed by atoms with E-state index in [1.165, 1.54) is 0 Å². The zero-order valence-corrected chi connectivity index (χ0v) is 5.46. The Bertz CT molecular complexity index is 93.0. The van der Waals surface area contributed by atoms with Crippen LogP contribution in [-0.2, 0) is 0 Å². The second-order valence-corrected chi connectivity index (χ2v) is 1.76. The fourth-order valence-electron chi connectivity index (χ4n) is 0.472. The first kappa shape index (κ1) is 8.23. The maximum atomic E-state index is 8.21. The molecule has 0 saturated heterocycles. The highest BCUT2D eigenvalue weighted by Gasteiger charge is 1.93. The van der Waals surface area contributed by atoms with E-state index in [-0.39, 0.29) is 5.84 Å². The van der Waals surface area contributed by atoms with Gasteiger partial charge in [0.15, 0.2) is 5.84 Å². The third-order valence-electron chi connectivity index (χ3n) is 1.02. The van der Waals surface area contributed by atoms with Gasteiger partial charge >= 0.3 is 0 Å². The van der Waals surface area contributed by atoms with Crippen LogP contribution in [0.25, 0.3) is 0 Å². The molecule has 0 aromatic carbocycles. The van der Waals surface area contributed by atoms with Crippen molar-refractivity contribution in [3.63, 3.8) is 0 Å². The van der Waals surface area contributed by atoms with Crippen LogP contribution in [0.2, 0.25) is 0 Å². The largest absolute Gasteiger partial charge is 0.409 e. The topological polar surface area (TPSA) is 64.9 Å². The lowest BCUT2D eigenvalue weighted by Crippen LogP contribution is -2.18. The Morgan fingerprint density at radius 1 is 1.67 bits per heavy atom. The molecule has 0 aromatic heterocycles. The Kier molecular flexibility index (Phi) is 4.91. The number of hydrogen-bond acceptors (Lipinski definition) is 3. The maximum Gasteiger partial charge on any atom is 0.165 e. The molecule has 0 amide bonds. The summed E-state index contributed by atoms with van der Waals surface area (Å²) >= 11 is 0. The van der Waals surface area contributed by atoms with Gasteiger partial charge in [-0.05, 0) is 6.42 Å². The third kappa shape index (κ3) is 3.78. The average molecular weight is 132 g/mol. The van der Waals surface area contributed by atoms with Gasteiger partial charge in [0.25, 0.3) is 0 Å². The smallest absolute Gasteiger partial charge is 0.165 e. The molecule has 0 aliphatic heterocycles. The third-order valence-corrected chi connectivity index (χ3v) is 1.02. The first-order valence-electron chi connectivity index (χ1n) is 2.96. The normalized spacial score (nSPS) is 11.6. The Morgan fingerprint density at radius 2 is 2.33 bits per heavy atom. The summed E-state index contributed by atoms with van der Waals surface area (Å²) in [5.74, 6) is 0.219. The van der Waals surface area contributed by atoms with E-state index in [0.29, 0.717) is 6.42 Å². The molecule has 0 aliphatic rings. The Hall–Kier alpha value is -0.770. The second kappa shape index (κ2) is 5.37. The van der Waals surface area contributed by atoms with Crippen molar-refractivity contribution in [2.24, 2.45) is 5.16 Å². The molecular formula is C5H12N2O2. The lowest BCUT2D eigenvalue weighted by molar-refractivity contribution is 0.219. The van der Waals surface area contributed by atoms with Gasteiger partial charge in [-0.2, -0.15) is 0 Å². The van der Waals surface area contributed by atoms with Gasteiger partial charge < -0.3 is 5.21 Å². The predicted octanol–water partition coefficient (Wildman–Crippen LogP) is 0.943. The van der Waals surface area contributed by atoms with E-state index >= 15 is 0 Å². The summed E-state index contributed by atoms with van der Waals surface area (Å²) in [7, 11) is 0. The summed E-state index contributed by atoms with van der Waals surface area (Å²) in [6.45, 7) is 2.02. The molecule has 0 fully saturated rings. The monoisotopic (exact) mass is 132 g/mol. The fourth-order valence-corrected chi connectivity index (χ4v) is 0.472. The summed E-state index contributed by atoms with van der Waals surface area (Å²) in [5, 5.41) is 19.1. The van der Waals surface area contributed by atoms with E-state index in [2.05, 4.69) is 5.16 Å². The summed E-state index contributed by atoms with van der Waals surface area (Å²) in [6.07, 6.45) is 2.51. The van der Waals surface area contributed by atoms with Crippen LogP contribution in [0.5, 0.6) is 0 Å². The van der Waals surface area contributed by atoms with Crippen LogP contribution < -0.4 is 5.48 Å². The van der Waals surface area contributed by atoms with Crippen molar-refractivity contribution in [1.82, 2.24) is 5.48 Å². The van der Waals surface area contributed by atoms with Crippen molar-refractivity contribution >= 4 is 5.84 Å². The Balaban J connectivity index is 3.33. The van der Waals surface area contributed by atoms with E-state index in [0.717, 1.165) is 12.8 Å². The number of nitrogens with zero attached hydrogens (tertiary/aromatic N) is 1. The molecule has 0 atom stereocenters. The number of hydrogen-bond donors (Lipinski definition) is 3. The van der Waals surface area contributed by atoms with E-state index in [4.69, 9.17) is 10.4 Å². The minimum absolute atomic E-state index is 0.219. The van der Waals surface area contributed by atoms with Gasteiger partial charge in [0, 0.05) is 6.42 Å². The van der Waals surface area contributed by atoms with E-state index in [1.807, 2.05) is 6.92 Å². The lowest BCUT2D eigenvalue weighted by atomic mass is 10.2. The van der Waals surface area contributed by atoms with Crippen molar-refractivity contribution in [2.75, 3.05) is 0 Å². The van der Waals surface area contributed by atoms with Crippen molar-refractivity contribution < 1.29 is 10.4 Å². The van der Waals surface area contributed by atoms with Crippen LogP contribution in [0.1, 0.15) is 26.2 Å². The number of amidine groups is 1. The minimum atomic E-state index is 0.219. The number of oxime groups is 1. The van der Waals surface area contributed by atoms with Crippen molar-refractivity contribution in [3.8, 4) is 0 Å². The Morgan fingerprint density at radius 3 is 2.67 bits per heavy atom. The van der Waals surface area contributed by atoms with Gasteiger partial charge in [-0.25, -0.2) is 0 Å². The molecule has 0 saturated carbocycles. The van der Waals surface area contributed by atoms with Crippen LogP contribution >= 0.6 is 0 Å². The van der Waals surface area contributed by atoms with E-state index in [9.17, 15) is 0 Å². The number of unbranched alkanes of at least 4 members (excludes halogenated alkanes) is 1. The first-order chi connectivity index (χ1) is 4.35. The second-order valence-electron chi connectivity index (χ2n) is 1.76. The van der Waals surface area contributed by atoms with Gasteiger partial charge in [-0.1, -0.05) is 18.5 Å². The van der Waals surface area contributed by atoms with Gasteiger partial charge in [-0.3, -0.25) is 10.7 Å². The summed E-state index contributed by atoms with van der Waals surface area (Å²) < 4.78 is 0. The highest BCUT2D eigenvalue weighted by atomic mass is 16.5. The molecular weight excluding hydrogens is 120 g/mol. The fraction of sp³-hybridized carbons (Fsp3) is 0.800. The van der Waals surface area contributed by atoms with Gasteiger partial charge in [-0.15, -0.1) is 0 Å². The van der Waals surface area contributed by atoms with E-state index < -0.39 is 0 Å². The summed E-state index contributed by atoms with van der Waals surface area (Å²) in [6, 6.07) is 0. The number of rotatable bonds is 3. The number of hydroxylamine groups is 1. The van der Waals surface area contributed by atoms with Crippen LogP contribution in [0.3, 0.4) is 0 Å². The zero-order valence-electron chi connectivity index (χ0n) is 5.46. The molecule has 9 heavy (non-hydrogen) atoms. The molecule has 0 radical (unpaired) electrons. The zero-order chi connectivity index (χ0) is 7.11. The predicted molar refractivity (Wildman–Crippen MR) is 33.7 cm³/mol. The summed E-state index contributed by atoms with van der Waals surface area (Å²) in [4.78, 5) is 0. The average Bonchev–Trinajstić information content (AvgIpc) is 1.91. The highest BCUT2D eigenvalue weighted by Crippen LogP contribution is 1.93. The standard InChI is InChI=1S/C5H12N2O2/c1-2-3-4-5(6-8)7-9/h8-9H,2-4H2,1H3,(H,6,7). The molecule has 0 rings (SSSR count). The molecule has 54 valence electrons. The maximum absolute atomic E-state index is 8.21. The molecule has 0 unspecified atom stereocenters. The summed E-state index contributed by atoms with van der Waals surface area (Å²) in [5.41, 5.74) is 1.79. The van der Waals surface area contributed by atoms with Gasteiger partial charge in [0.05, 0.1) is 0 Å². The molecule has 4 heteroatoms. The van der Waals surface area contributed by atoms with Crippen LogP contribution in [0, 0.1) is 0 Å². The van der Waals surface area contributed by atoms with Gasteiger partial charge in [0.2, 0.25) is 0 Å². The van der Waals surface area contributed by atoms with Crippen molar-refractivity contribution in [3.05, 3.63) is 0 Å². The quantitative estimate of drug-likeness (QED) is 0.232. The molecule has 4 nitrogen and oxygen atoms in total. The van der Waals surface area contributed by atoms with E-state index in [1.54, 1.807) is 5.48 Å². The minimum Gasteiger partial charge on any atom is -0.409 e. The molecule has 0 bridgehead atoms. The van der Waals surface area contributed by atoms with Crippen LogP contribution in [-0.4, -0.2) is 16.3 Å². The molecule has 0 heterocycles. The molecule has 0 aromatic rings. The highest BCUT2D eigenvalue weighted by molar-refractivity contribution is 5.80. The van der Waals surface area contributed by atoms with Crippen molar-refractivity contribution in [1.29, 1.82) is 0 Å². The lowest BCUT2D eigenvalue weighted by Gasteiger charge is -1.97.